The van der Waals surface area contributed by atoms with E-state index < -0.39 is 23.3 Å². The molecule has 1 unspecified atom stereocenters. The number of amides is 2. The molecular weight excluding hydrogens is 288 g/mol. The van der Waals surface area contributed by atoms with E-state index in [0.29, 0.717) is 24.2 Å². The second-order valence-electron chi connectivity index (χ2n) is 5.12. The number of carboxylic acid groups (broad SMARTS) is 1. The molecule has 0 radical (unpaired) electrons. The Bertz CT molecular complexity index is 556. The van der Waals surface area contributed by atoms with Crippen LogP contribution in [0.15, 0.2) is 24.3 Å². The highest BCUT2D eigenvalue weighted by Crippen LogP contribution is 2.16. The Balaban J connectivity index is 2.77. The van der Waals surface area contributed by atoms with Crippen LogP contribution in [0.2, 0.25) is 0 Å². The van der Waals surface area contributed by atoms with Crippen LogP contribution in [0.25, 0.3) is 0 Å². The predicted octanol–water partition coefficient (Wildman–Crippen LogP) is 0.924. The Labute approximate surface area is 128 Å². The van der Waals surface area contributed by atoms with E-state index in [-0.39, 0.29) is 6.61 Å². The Morgan fingerprint density at radius 1 is 1.27 bits per heavy atom. The molecule has 1 aromatic carbocycles. The van der Waals surface area contributed by atoms with Gasteiger partial charge in [0.1, 0.15) is 11.3 Å². The summed E-state index contributed by atoms with van der Waals surface area (Å²) >= 11 is 0. The van der Waals surface area contributed by atoms with Gasteiger partial charge in [-0.3, -0.25) is 9.59 Å². The zero-order valence-electron chi connectivity index (χ0n) is 12.6. The largest absolute Gasteiger partial charge is 0.484 e. The average Bonchev–Trinajstić information content (AvgIpc) is 2.45. The fourth-order valence-electron chi connectivity index (χ4n) is 1.90. The van der Waals surface area contributed by atoms with Crippen molar-refractivity contribution < 1.29 is 24.2 Å². The first kappa shape index (κ1) is 17.5. The molecule has 0 aromatic heterocycles. The van der Waals surface area contributed by atoms with Crippen LogP contribution in [-0.2, 0) is 9.59 Å². The first-order valence-electron chi connectivity index (χ1n) is 6.85. The normalized spacial score (nSPS) is 13.0. The van der Waals surface area contributed by atoms with E-state index in [1.165, 1.54) is 31.2 Å². The minimum absolute atomic E-state index is 0.251. The molecule has 0 saturated heterocycles. The van der Waals surface area contributed by atoms with Crippen LogP contribution in [0.1, 0.15) is 37.0 Å². The number of hydrogen-bond acceptors (Lipinski definition) is 4. The van der Waals surface area contributed by atoms with E-state index in [0.717, 1.165) is 0 Å². The SMILES string of the molecule is CCCC(C)(NC(=O)c1ccc(OCC(N)=O)cc1)C(=O)O. The smallest absolute Gasteiger partial charge is 0.329 e. The molecule has 7 nitrogen and oxygen atoms in total. The summed E-state index contributed by atoms with van der Waals surface area (Å²) in [5, 5.41) is 11.8. The Hall–Kier alpha value is -2.57. The van der Waals surface area contributed by atoms with Crippen molar-refractivity contribution in [1.29, 1.82) is 0 Å². The van der Waals surface area contributed by atoms with Crippen molar-refractivity contribution in [2.45, 2.75) is 32.2 Å². The van der Waals surface area contributed by atoms with Crippen LogP contribution >= 0.6 is 0 Å². The summed E-state index contributed by atoms with van der Waals surface area (Å²) in [5.41, 5.74) is 3.95. The van der Waals surface area contributed by atoms with Crippen molar-refractivity contribution >= 4 is 17.8 Å². The number of nitrogens with one attached hydrogen (secondary N) is 1. The summed E-state index contributed by atoms with van der Waals surface area (Å²) in [7, 11) is 0. The number of carbonyl (C=O) groups is 3. The molecule has 0 bridgehead atoms. The van der Waals surface area contributed by atoms with Crippen LogP contribution in [-0.4, -0.2) is 35.0 Å². The van der Waals surface area contributed by atoms with Gasteiger partial charge in [-0.1, -0.05) is 13.3 Å². The lowest BCUT2D eigenvalue weighted by atomic mass is 9.96. The number of nitrogens with two attached hydrogens (primary N) is 1. The highest BCUT2D eigenvalue weighted by atomic mass is 16.5. The number of carbonyl (C=O) groups excluding carboxylic acids is 2. The third kappa shape index (κ3) is 4.76. The number of carboxylic acids is 1. The maximum atomic E-state index is 12.1. The van der Waals surface area contributed by atoms with E-state index in [9.17, 15) is 19.5 Å². The molecule has 7 heteroatoms. The number of aliphatic carboxylic acids is 1. The topological polar surface area (TPSA) is 119 Å². The van der Waals surface area contributed by atoms with Gasteiger partial charge >= 0.3 is 5.97 Å². The van der Waals surface area contributed by atoms with Crippen LogP contribution in [0.4, 0.5) is 0 Å². The lowest BCUT2D eigenvalue weighted by Crippen LogP contribution is -2.52. The number of rotatable bonds is 8. The van der Waals surface area contributed by atoms with Gasteiger partial charge in [-0.25, -0.2) is 4.79 Å². The quantitative estimate of drug-likeness (QED) is 0.660. The summed E-state index contributed by atoms with van der Waals surface area (Å²) in [5.74, 6) is -1.77. The van der Waals surface area contributed by atoms with E-state index in [4.69, 9.17) is 10.5 Å². The average molecular weight is 308 g/mol. The molecule has 22 heavy (non-hydrogen) atoms. The van der Waals surface area contributed by atoms with E-state index in [1.807, 2.05) is 6.92 Å². The summed E-state index contributed by atoms with van der Waals surface area (Å²) in [6, 6.07) is 5.99. The molecule has 0 fully saturated rings. The number of hydrogen-bond donors (Lipinski definition) is 3. The maximum absolute atomic E-state index is 12.1. The van der Waals surface area contributed by atoms with Crippen LogP contribution < -0.4 is 15.8 Å². The van der Waals surface area contributed by atoms with Crippen LogP contribution in [0.5, 0.6) is 5.75 Å². The van der Waals surface area contributed by atoms with E-state index >= 15 is 0 Å². The van der Waals surface area contributed by atoms with Gasteiger partial charge in [-0.15, -0.1) is 0 Å². The Morgan fingerprint density at radius 2 is 1.86 bits per heavy atom. The van der Waals surface area contributed by atoms with E-state index in [2.05, 4.69) is 5.32 Å². The van der Waals surface area contributed by atoms with E-state index in [1.54, 1.807) is 0 Å². The highest BCUT2D eigenvalue weighted by Gasteiger charge is 2.33. The van der Waals surface area contributed by atoms with Crippen molar-refractivity contribution in [2.24, 2.45) is 5.73 Å². The standard InChI is InChI=1S/C15H20N2O5/c1-3-8-15(2,14(20)21)17-13(19)10-4-6-11(7-5-10)22-9-12(16)18/h4-7H,3,8-9H2,1-2H3,(H2,16,18)(H,17,19)(H,20,21). The molecule has 1 atom stereocenters. The molecule has 0 saturated carbocycles. The number of primary amides is 1. The maximum Gasteiger partial charge on any atom is 0.329 e. The first-order chi connectivity index (χ1) is 10.3. The summed E-state index contributed by atoms with van der Waals surface area (Å²) in [4.78, 5) is 34.0. The molecule has 1 rings (SSSR count). The third-order valence-corrected chi connectivity index (χ3v) is 3.11. The lowest BCUT2D eigenvalue weighted by Gasteiger charge is -2.25. The predicted molar refractivity (Wildman–Crippen MR) is 79.5 cm³/mol. The van der Waals surface area contributed by atoms with Gasteiger partial charge in [0.25, 0.3) is 11.8 Å². The van der Waals surface area contributed by atoms with Gasteiger partial charge < -0.3 is 20.9 Å². The molecule has 0 spiro atoms. The van der Waals surface area contributed by atoms with Gasteiger partial charge in [0.05, 0.1) is 0 Å². The monoisotopic (exact) mass is 308 g/mol. The van der Waals surface area contributed by atoms with Gasteiger partial charge in [-0.2, -0.15) is 0 Å². The molecule has 0 aliphatic carbocycles. The van der Waals surface area contributed by atoms with Crippen molar-refractivity contribution in [1.82, 2.24) is 5.32 Å². The molecule has 4 N–H and O–H groups in total. The molecule has 0 aliphatic heterocycles. The molecule has 1 aromatic rings. The van der Waals surface area contributed by atoms with Crippen LogP contribution in [0, 0.1) is 0 Å². The van der Waals surface area contributed by atoms with Crippen molar-refractivity contribution in [3.05, 3.63) is 29.8 Å². The van der Waals surface area contributed by atoms with Gasteiger partial charge in [0, 0.05) is 5.56 Å². The molecule has 0 aliphatic rings. The van der Waals surface area contributed by atoms with Crippen molar-refractivity contribution in [3.8, 4) is 5.75 Å². The van der Waals surface area contributed by atoms with Crippen LogP contribution in [0.3, 0.4) is 0 Å². The second kappa shape index (κ2) is 7.44. The fraction of sp³-hybridized carbons (Fsp3) is 0.400. The van der Waals surface area contributed by atoms with Gasteiger partial charge in [0.2, 0.25) is 0 Å². The number of ether oxygens (including phenoxy) is 1. The summed E-state index contributed by atoms with van der Waals surface area (Å²) < 4.78 is 5.08. The minimum atomic E-state index is -1.31. The molecular formula is C15H20N2O5. The molecule has 2 amide bonds. The number of benzene rings is 1. The zero-order valence-corrected chi connectivity index (χ0v) is 12.6. The molecule has 0 heterocycles. The second-order valence-corrected chi connectivity index (χ2v) is 5.12. The third-order valence-electron chi connectivity index (χ3n) is 3.11. The Kier molecular flexibility index (Phi) is 5.91. The molecule has 120 valence electrons. The lowest BCUT2D eigenvalue weighted by molar-refractivity contribution is -0.144. The van der Waals surface area contributed by atoms with Crippen molar-refractivity contribution in [3.63, 3.8) is 0 Å². The minimum Gasteiger partial charge on any atom is -0.484 e. The fourth-order valence-corrected chi connectivity index (χ4v) is 1.90. The van der Waals surface area contributed by atoms with Gasteiger partial charge in [0.15, 0.2) is 6.61 Å². The van der Waals surface area contributed by atoms with Gasteiger partial charge in [-0.05, 0) is 37.6 Å². The Morgan fingerprint density at radius 3 is 2.32 bits per heavy atom. The summed E-state index contributed by atoms with van der Waals surface area (Å²) in [6.07, 6.45) is 0.955. The summed E-state index contributed by atoms with van der Waals surface area (Å²) in [6.45, 7) is 3.07. The first-order valence-corrected chi connectivity index (χ1v) is 6.85. The highest BCUT2D eigenvalue weighted by molar-refractivity contribution is 5.97. The van der Waals surface area contributed by atoms with Crippen molar-refractivity contribution in [2.75, 3.05) is 6.61 Å². The zero-order chi connectivity index (χ0) is 16.8.